The molecule has 110 valence electrons. The van der Waals surface area contributed by atoms with Gasteiger partial charge in [0, 0.05) is 11.6 Å². The van der Waals surface area contributed by atoms with Gasteiger partial charge in [0.2, 0.25) is 0 Å². The van der Waals surface area contributed by atoms with Crippen LogP contribution in [0.2, 0.25) is 10.0 Å². The quantitative estimate of drug-likeness (QED) is 0.884. The van der Waals surface area contributed by atoms with Crippen LogP contribution >= 0.6 is 23.2 Å². The molecule has 2 aromatic rings. The van der Waals surface area contributed by atoms with Gasteiger partial charge in [-0.15, -0.1) is 0 Å². The Morgan fingerprint density at radius 1 is 1.29 bits per heavy atom. The maximum atomic E-state index is 13.6. The number of hydrogen-bond donors (Lipinski definition) is 2. The van der Waals surface area contributed by atoms with E-state index in [2.05, 4.69) is 15.6 Å². The smallest absolute Gasteiger partial charge is 0.275 e. The third kappa shape index (κ3) is 3.83. The van der Waals surface area contributed by atoms with Crippen LogP contribution in [0.1, 0.15) is 17.4 Å². The van der Waals surface area contributed by atoms with E-state index in [0.29, 0.717) is 17.4 Å². The molecule has 0 spiro atoms. The van der Waals surface area contributed by atoms with Crippen molar-refractivity contribution in [1.82, 2.24) is 4.98 Å². The molecule has 0 fully saturated rings. The van der Waals surface area contributed by atoms with Crippen LogP contribution in [0.3, 0.4) is 0 Å². The Bertz CT molecular complexity index is 679. The van der Waals surface area contributed by atoms with Gasteiger partial charge in [-0.25, -0.2) is 9.37 Å². The number of rotatable bonds is 4. The fourth-order valence-corrected chi connectivity index (χ4v) is 2.02. The highest BCUT2D eigenvalue weighted by Crippen LogP contribution is 2.22. The Morgan fingerprint density at radius 2 is 2.05 bits per heavy atom. The SMILES string of the molecule is CCNc1ccc(Cl)c(C(=O)Nc2cc(Cl)ccc2F)n1. The van der Waals surface area contributed by atoms with E-state index >= 15 is 0 Å². The second-order valence-corrected chi connectivity index (χ2v) is 4.98. The summed E-state index contributed by atoms with van der Waals surface area (Å²) < 4.78 is 13.6. The Balaban J connectivity index is 2.27. The largest absolute Gasteiger partial charge is 0.370 e. The summed E-state index contributed by atoms with van der Waals surface area (Å²) in [5.74, 6) is -0.689. The molecule has 0 saturated carbocycles. The molecule has 4 nitrogen and oxygen atoms in total. The molecule has 0 aliphatic heterocycles. The van der Waals surface area contributed by atoms with E-state index in [4.69, 9.17) is 23.2 Å². The van der Waals surface area contributed by atoms with Crippen LogP contribution in [-0.4, -0.2) is 17.4 Å². The zero-order chi connectivity index (χ0) is 15.4. The fraction of sp³-hybridized carbons (Fsp3) is 0.143. The lowest BCUT2D eigenvalue weighted by atomic mass is 10.2. The summed E-state index contributed by atoms with van der Waals surface area (Å²) in [6, 6.07) is 7.08. The molecule has 21 heavy (non-hydrogen) atoms. The highest BCUT2D eigenvalue weighted by atomic mass is 35.5. The highest BCUT2D eigenvalue weighted by molar-refractivity contribution is 6.34. The Hall–Kier alpha value is -1.85. The van der Waals surface area contributed by atoms with Crippen molar-refractivity contribution in [2.75, 3.05) is 17.2 Å². The molecular weight excluding hydrogens is 316 g/mol. The van der Waals surface area contributed by atoms with Gasteiger partial charge in [0.15, 0.2) is 0 Å². The third-order valence-electron chi connectivity index (χ3n) is 2.60. The normalized spacial score (nSPS) is 10.3. The summed E-state index contributed by atoms with van der Waals surface area (Å²) in [6.45, 7) is 2.55. The van der Waals surface area contributed by atoms with Crippen LogP contribution in [0, 0.1) is 5.82 Å². The van der Waals surface area contributed by atoms with Gasteiger partial charge in [-0.3, -0.25) is 4.79 Å². The molecule has 0 atom stereocenters. The number of pyridine rings is 1. The number of halogens is 3. The maximum Gasteiger partial charge on any atom is 0.275 e. The molecule has 2 N–H and O–H groups in total. The summed E-state index contributed by atoms with van der Waals surface area (Å²) in [4.78, 5) is 16.3. The number of nitrogens with zero attached hydrogens (tertiary/aromatic N) is 1. The average Bonchev–Trinajstić information content (AvgIpc) is 2.45. The first-order chi connectivity index (χ1) is 10.0. The van der Waals surface area contributed by atoms with Crippen molar-refractivity contribution in [2.45, 2.75) is 6.92 Å². The summed E-state index contributed by atoms with van der Waals surface area (Å²) in [5.41, 5.74) is -0.0197. The number of carbonyl (C=O) groups excluding carboxylic acids is 1. The van der Waals surface area contributed by atoms with Gasteiger partial charge in [0.1, 0.15) is 17.3 Å². The van der Waals surface area contributed by atoms with Crippen LogP contribution in [0.5, 0.6) is 0 Å². The Morgan fingerprint density at radius 3 is 2.76 bits per heavy atom. The van der Waals surface area contributed by atoms with Crippen molar-refractivity contribution < 1.29 is 9.18 Å². The van der Waals surface area contributed by atoms with Crippen LogP contribution in [-0.2, 0) is 0 Å². The molecule has 0 bridgehead atoms. The zero-order valence-electron chi connectivity index (χ0n) is 11.1. The Kier molecular flexibility index (Phi) is 4.98. The molecule has 1 heterocycles. The van der Waals surface area contributed by atoms with Gasteiger partial charge in [0.25, 0.3) is 5.91 Å². The lowest BCUT2D eigenvalue weighted by Crippen LogP contribution is -2.16. The van der Waals surface area contributed by atoms with E-state index in [1.165, 1.54) is 18.2 Å². The molecule has 0 radical (unpaired) electrons. The van der Waals surface area contributed by atoms with Gasteiger partial charge in [-0.1, -0.05) is 23.2 Å². The lowest BCUT2D eigenvalue weighted by molar-refractivity contribution is 0.102. The number of hydrogen-bond acceptors (Lipinski definition) is 3. The van der Waals surface area contributed by atoms with Crippen molar-refractivity contribution in [2.24, 2.45) is 0 Å². The van der Waals surface area contributed by atoms with Gasteiger partial charge in [-0.2, -0.15) is 0 Å². The van der Waals surface area contributed by atoms with Gasteiger partial charge >= 0.3 is 0 Å². The summed E-state index contributed by atoms with van der Waals surface area (Å²) in [6.07, 6.45) is 0. The minimum absolute atomic E-state index is 0.00879. The van der Waals surface area contributed by atoms with Crippen LogP contribution in [0.4, 0.5) is 15.9 Å². The number of amides is 1. The topological polar surface area (TPSA) is 54.0 Å². The van der Waals surface area contributed by atoms with Crippen LogP contribution in [0.15, 0.2) is 30.3 Å². The Labute approximate surface area is 131 Å². The number of carbonyl (C=O) groups is 1. The van der Waals surface area contributed by atoms with Gasteiger partial charge in [0.05, 0.1) is 10.7 Å². The van der Waals surface area contributed by atoms with Crippen LogP contribution in [0.25, 0.3) is 0 Å². The first kappa shape index (κ1) is 15.5. The average molecular weight is 328 g/mol. The molecule has 0 unspecified atom stereocenters. The van der Waals surface area contributed by atoms with E-state index in [1.54, 1.807) is 12.1 Å². The molecule has 7 heteroatoms. The van der Waals surface area contributed by atoms with Crippen molar-refractivity contribution >= 4 is 40.6 Å². The minimum Gasteiger partial charge on any atom is -0.370 e. The molecule has 0 aliphatic carbocycles. The fourth-order valence-electron chi connectivity index (χ4n) is 1.66. The van der Waals surface area contributed by atoms with Crippen molar-refractivity contribution in [3.63, 3.8) is 0 Å². The van der Waals surface area contributed by atoms with E-state index in [9.17, 15) is 9.18 Å². The number of aromatic nitrogens is 1. The number of benzene rings is 1. The second kappa shape index (κ2) is 6.74. The number of nitrogens with one attached hydrogen (secondary N) is 2. The zero-order valence-corrected chi connectivity index (χ0v) is 12.6. The van der Waals surface area contributed by atoms with Crippen molar-refractivity contribution in [3.05, 3.63) is 51.9 Å². The highest BCUT2D eigenvalue weighted by Gasteiger charge is 2.15. The molecular formula is C14H12Cl2FN3O. The minimum atomic E-state index is -0.610. The van der Waals surface area contributed by atoms with Crippen molar-refractivity contribution in [1.29, 1.82) is 0 Å². The lowest BCUT2D eigenvalue weighted by Gasteiger charge is -2.09. The maximum absolute atomic E-state index is 13.6. The molecule has 2 rings (SSSR count). The third-order valence-corrected chi connectivity index (χ3v) is 3.14. The van der Waals surface area contributed by atoms with E-state index in [0.717, 1.165) is 0 Å². The molecule has 0 saturated heterocycles. The van der Waals surface area contributed by atoms with E-state index < -0.39 is 11.7 Å². The van der Waals surface area contributed by atoms with Crippen molar-refractivity contribution in [3.8, 4) is 0 Å². The standard InChI is InChI=1S/C14H12Cl2FN3O/c1-2-18-12-6-4-9(16)13(20-12)14(21)19-11-7-8(15)3-5-10(11)17/h3-7H,2H2,1H3,(H,18,20)(H,19,21). The predicted molar refractivity (Wildman–Crippen MR) is 82.8 cm³/mol. The molecule has 0 aliphatic rings. The summed E-state index contributed by atoms with van der Waals surface area (Å²) in [5, 5.41) is 5.86. The second-order valence-electron chi connectivity index (χ2n) is 4.14. The van der Waals surface area contributed by atoms with E-state index in [1.807, 2.05) is 6.92 Å². The molecule has 1 aromatic carbocycles. The first-order valence-electron chi connectivity index (χ1n) is 6.18. The first-order valence-corrected chi connectivity index (χ1v) is 6.93. The molecule has 1 amide bonds. The predicted octanol–water partition coefficient (Wildman–Crippen LogP) is 4.21. The molecule has 1 aromatic heterocycles. The van der Waals surface area contributed by atoms with Crippen LogP contribution < -0.4 is 10.6 Å². The van der Waals surface area contributed by atoms with Gasteiger partial charge < -0.3 is 10.6 Å². The summed E-state index contributed by atoms with van der Waals surface area (Å²) >= 11 is 11.7. The van der Waals surface area contributed by atoms with Gasteiger partial charge in [-0.05, 0) is 37.3 Å². The summed E-state index contributed by atoms with van der Waals surface area (Å²) in [7, 11) is 0. The monoisotopic (exact) mass is 327 g/mol. The van der Waals surface area contributed by atoms with E-state index in [-0.39, 0.29) is 16.4 Å². The number of anilines is 2.